The minimum atomic E-state index is -3.67. The van der Waals surface area contributed by atoms with E-state index in [4.69, 9.17) is 4.74 Å². The molecule has 0 aliphatic heterocycles. The van der Waals surface area contributed by atoms with E-state index in [2.05, 4.69) is 5.32 Å². The van der Waals surface area contributed by atoms with Crippen molar-refractivity contribution < 1.29 is 17.9 Å². The summed E-state index contributed by atoms with van der Waals surface area (Å²) in [6.45, 7) is 4.82. The van der Waals surface area contributed by atoms with Crippen molar-refractivity contribution in [3.05, 3.63) is 89.5 Å². The first-order valence-electron chi connectivity index (χ1n) is 9.97. The lowest BCUT2D eigenvalue weighted by Gasteiger charge is -2.20. The molecule has 0 atom stereocenters. The summed E-state index contributed by atoms with van der Waals surface area (Å²) in [5.74, 6) is 0.558. The zero-order valence-corrected chi connectivity index (χ0v) is 18.6. The van der Waals surface area contributed by atoms with Crippen molar-refractivity contribution in [2.24, 2.45) is 0 Å². The Bertz CT molecular complexity index is 1120. The van der Waals surface area contributed by atoms with Crippen molar-refractivity contribution in [1.82, 2.24) is 5.32 Å². The van der Waals surface area contributed by atoms with Gasteiger partial charge in [0.15, 0.2) is 0 Å². The Morgan fingerprint density at radius 3 is 2.13 bits per heavy atom. The number of carbonyl (C=O) groups is 1. The summed E-state index contributed by atoms with van der Waals surface area (Å²) >= 11 is 0. The molecule has 0 spiro atoms. The molecule has 3 aromatic carbocycles. The number of anilines is 1. The third-order valence-electron chi connectivity index (χ3n) is 4.86. The minimum absolute atomic E-state index is 0.220. The van der Waals surface area contributed by atoms with Crippen molar-refractivity contribution in [1.29, 1.82) is 0 Å². The second kappa shape index (κ2) is 9.66. The van der Waals surface area contributed by atoms with Gasteiger partial charge in [-0.1, -0.05) is 29.8 Å². The standard InChI is InChI=1S/C24H26N2O4S/c1-4-30-22-13-7-19(8-14-22)17-25-24(27)20-9-11-21(12-10-20)26(3)31(28,29)23-15-5-18(2)6-16-23/h5-16H,4,17H2,1-3H3,(H,25,27). The summed E-state index contributed by atoms with van der Waals surface area (Å²) in [5.41, 5.74) is 2.87. The summed E-state index contributed by atoms with van der Waals surface area (Å²) in [6.07, 6.45) is 0. The Hall–Kier alpha value is -3.32. The van der Waals surface area contributed by atoms with Gasteiger partial charge in [-0.3, -0.25) is 9.10 Å². The van der Waals surface area contributed by atoms with E-state index in [-0.39, 0.29) is 10.8 Å². The van der Waals surface area contributed by atoms with E-state index in [9.17, 15) is 13.2 Å². The summed E-state index contributed by atoms with van der Waals surface area (Å²) in [4.78, 5) is 12.7. The van der Waals surface area contributed by atoms with Crippen molar-refractivity contribution in [2.75, 3.05) is 18.0 Å². The highest BCUT2D eigenvalue weighted by molar-refractivity contribution is 7.92. The fraction of sp³-hybridized carbons (Fsp3) is 0.208. The second-order valence-corrected chi connectivity index (χ2v) is 9.06. The first-order chi connectivity index (χ1) is 14.8. The molecule has 0 aliphatic carbocycles. The van der Waals surface area contributed by atoms with E-state index < -0.39 is 10.0 Å². The summed E-state index contributed by atoms with van der Waals surface area (Å²) in [5, 5.41) is 2.87. The molecule has 0 heterocycles. The van der Waals surface area contributed by atoms with Gasteiger partial charge in [0.1, 0.15) is 5.75 Å². The highest BCUT2D eigenvalue weighted by Gasteiger charge is 2.21. The zero-order chi connectivity index (χ0) is 22.4. The van der Waals surface area contributed by atoms with Gasteiger partial charge in [0, 0.05) is 19.2 Å². The summed E-state index contributed by atoms with van der Waals surface area (Å²) < 4.78 is 32.3. The summed E-state index contributed by atoms with van der Waals surface area (Å²) in [7, 11) is -2.18. The molecule has 0 radical (unpaired) electrons. The maximum atomic E-state index is 12.8. The number of carbonyl (C=O) groups excluding carboxylic acids is 1. The zero-order valence-electron chi connectivity index (χ0n) is 17.8. The van der Waals surface area contributed by atoms with Crippen molar-refractivity contribution in [3.8, 4) is 5.75 Å². The summed E-state index contributed by atoms with van der Waals surface area (Å²) in [6, 6.07) is 20.7. The normalized spacial score (nSPS) is 11.1. The Morgan fingerprint density at radius 2 is 1.55 bits per heavy atom. The van der Waals surface area contributed by atoms with Gasteiger partial charge in [-0.25, -0.2) is 8.42 Å². The van der Waals surface area contributed by atoms with Gasteiger partial charge in [-0.05, 0) is 67.9 Å². The number of nitrogens with one attached hydrogen (secondary N) is 1. The number of hydrogen-bond donors (Lipinski definition) is 1. The SMILES string of the molecule is CCOc1ccc(CNC(=O)c2ccc(N(C)S(=O)(=O)c3ccc(C)cc3)cc2)cc1. The Morgan fingerprint density at radius 1 is 0.935 bits per heavy atom. The number of sulfonamides is 1. The number of benzene rings is 3. The van der Waals surface area contributed by atoms with Crippen LogP contribution in [0, 0.1) is 6.92 Å². The molecule has 0 aliphatic rings. The van der Waals surface area contributed by atoms with Gasteiger partial charge in [0.25, 0.3) is 15.9 Å². The van der Waals surface area contributed by atoms with Gasteiger partial charge >= 0.3 is 0 Å². The molecule has 6 nitrogen and oxygen atoms in total. The van der Waals surface area contributed by atoms with Crippen LogP contribution in [0.2, 0.25) is 0 Å². The van der Waals surface area contributed by atoms with E-state index in [1.807, 2.05) is 38.1 Å². The Labute approximate surface area is 183 Å². The molecule has 1 amide bonds. The van der Waals surface area contributed by atoms with Crippen LogP contribution >= 0.6 is 0 Å². The minimum Gasteiger partial charge on any atom is -0.494 e. The lowest BCUT2D eigenvalue weighted by molar-refractivity contribution is 0.0951. The number of amides is 1. The van der Waals surface area contributed by atoms with E-state index in [1.165, 1.54) is 11.4 Å². The van der Waals surface area contributed by atoms with Gasteiger partial charge in [-0.15, -0.1) is 0 Å². The lowest BCUT2D eigenvalue weighted by Crippen LogP contribution is -2.27. The number of rotatable bonds is 8. The van der Waals surface area contributed by atoms with Crippen molar-refractivity contribution in [2.45, 2.75) is 25.3 Å². The average molecular weight is 439 g/mol. The van der Waals surface area contributed by atoms with Crippen LogP contribution in [0.5, 0.6) is 5.75 Å². The molecule has 0 unspecified atom stereocenters. The predicted octanol–water partition coefficient (Wildman–Crippen LogP) is 4.15. The average Bonchev–Trinajstić information content (AvgIpc) is 2.78. The van der Waals surface area contributed by atoms with Crippen LogP contribution in [0.15, 0.2) is 77.7 Å². The molecule has 3 rings (SSSR count). The van der Waals surface area contributed by atoms with Crippen molar-refractivity contribution in [3.63, 3.8) is 0 Å². The second-order valence-electron chi connectivity index (χ2n) is 7.09. The smallest absolute Gasteiger partial charge is 0.264 e. The third-order valence-corrected chi connectivity index (χ3v) is 6.66. The molecule has 7 heteroatoms. The molecule has 1 N–H and O–H groups in total. The van der Waals surface area contributed by atoms with Crippen LogP contribution in [0.25, 0.3) is 0 Å². The molecular weight excluding hydrogens is 412 g/mol. The van der Waals surface area contributed by atoms with Crippen LogP contribution in [-0.2, 0) is 16.6 Å². The highest BCUT2D eigenvalue weighted by atomic mass is 32.2. The molecule has 0 saturated carbocycles. The maximum Gasteiger partial charge on any atom is 0.264 e. The third kappa shape index (κ3) is 5.44. The fourth-order valence-electron chi connectivity index (χ4n) is 2.98. The van der Waals surface area contributed by atoms with Crippen LogP contribution < -0.4 is 14.4 Å². The van der Waals surface area contributed by atoms with Crippen LogP contribution in [-0.4, -0.2) is 28.0 Å². The Kier molecular flexibility index (Phi) is 6.97. The first kappa shape index (κ1) is 22.4. The molecule has 3 aromatic rings. The largest absolute Gasteiger partial charge is 0.494 e. The van der Waals surface area contributed by atoms with Crippen molar-refractivity contribution >= 4 is 21.6 Å². The number of hydrogen-bond acceptors (Lipinski definition) is 4. The molecule has 31 heavy (non-hydrogen) atoms. The molecule has 0 bridgehead atoms. The fourth-order valence-corrected chi connectivity index (χ4v) is 4.18. The van der Waals surface area contributed by atoms with Crippen LogP contribution in [0.1, 0.15) is 28.4 Å². The molecule has 162 valence electrons. The maximum absolute atomic E-state index is 12.8. The molecule has 0 saturated heterocycles. The number of aryl methyl sites for hydroxylation is 1. The monoisotopic (exact) mass is 438 g/mol. The van der Waals surface area contributed by atoms with E-state index in [0.29, 0.717) is 24.4 Å². The highest BCUT2D eigenvalue weighted by Crippen LogP contribution is 2.23. The Balaban J connectivity index is 1.64. The molecular formula is C24H26N2O4S. The molecule has 0 aromatic heterocycles. The lowest BCUT2D eigenvalue weighted by atomic mass is 10.1. The topological polar surface area (TPSA) is 75.7 Å². The number of ether oxygens (including phenoxy) is 1. The van der Waals surface area contributed by atoms with Crippen LogP contribution in [0.4, 0.5) is 5.69 Å². The number of nitrogens with zero attached hydrogens (tertiary/aromatic N) is 1. The van der Waals surface area contributed by atoms with E-state index in [1.54, 1.807) is 48.5 Å². The molecule has 0 fully saturated rings. The van der Waals surface area contributed by atoms with Gasteiger partial charge in [-0.2, -0.15) is 0 Å². The van der Waals surface area contributed by atoms with Gasteiger partial charge < -0.3 is 10.1 Å². The van der Waals surface area contributed by atoms with Gasteiger partial charge in [0.05, 0.1) is 17.2 Å². The van der Waals surface area contributed by atoms with E-state index >= 15 is 0 Å². The van der Waals surface area contributed by atoms with E-state index in [0.717, 1.165) is 16.9 Å². The van der Waals surface area contributed by atoms with Gasteiger partial charge in [0.2, 0.25) is 0 Å². The predicted molar refractivity (Wildman–Crippen MR) is 122 cm³/mol. The first-order valence-corrected chi connectivity index (χ1v) is 11.4. The quantitative estimate of drug-likeness (QED) is 0.573. The van der Waals surface area contributed by atoms with Crippen LogP contribution in [0.3, 0.4) is 0 Å².